The minimum Gasteiger partial charge on any atom is -0.349 e. The SMILES string of the molecule is O=C1NCCn2c1cc(=O)nc2NCC(F)(F)F. The van der Waals surface area contributed by atoms with Gasteiger partial charge in [-0.1, -0.05) is 0 Å². The van der Waals surface area contributed by atoms with Crippen molar-refractivity contribution in [1.82, 2.24) is 14.9 Å². The van der Waals surface area contributed by atoms with Gasteiger partial charge in [0.25, 0.3) is 11.5 Å². The molecule has 1 aromatic heterocycles. The molecule has 1 aliphatic heterocycles. The summed E-state index contributed by atoms with van der Waals surface area (Å²) >= 11 is 0. The Morgan fingerprint density at radius 2 is 2.17 bits per heavy atom. The maximum Gasteiger partial charge on any atom is 0.405 e. The largest absolute Gasteiger partial charge is 0.405 e. The standard InChI is InChI=1S/C9H9F3N4O2/c10-9(11,12)4-14-8-15-6(17)3-5-7(18)13-1-2-16(5)8/h3H,1-2,4H2,(H,13,18)(H,14,15,17). The van der Waals surface area contributed by atoms with Crippen molar-refractivity contribution in [2.75, 3.05) is 18.4 Å². The second-order valence-corrected chi connectivity index (χ2v) is 3.68. The van der Waals surface area contributed by atoms with E-state index in [-0.39, 0.29) is 24.7 Å². The van der Waals surface area contributed by atoms with Gasteiger partial charge in [-0.05, 0) is 0 Å². The lowest BCUT2D eigenvalue weighted by Crippen LogP contribution is -2.39. The molecule has 98 valence electrons. The van der Waals surface area contributed by atoms with Crippen LogP contribution in [0, 0.1) is 0 Å². The third-order valence-corrected chi connectivity index (χ3v) is 2.32. The highest BCUT2D eigenvalue weighted by Gasteiger charge is 2.28. The van der Waals surface area contributed by atoms with E-state index in [4.69, 9.17) is 0 Å². The number of rotatable bonds is 2. The van der Waals surface area contributed by atoms with Crippen molar-refractivity contribution in [3.63, 3.8) is 0 Å². The molecule has 0 aromatic carbocycles. The van der Waals surface area contributed by atoms with E-state index in [1.807, 2.05) is 5.32 Å². The Labute approximate surface area is 98.8 Å². The van der Waals surface area contributed by atoms with Crippen molar-refractivity contribution >= 4 is 11.9 Å². The van der Waals surface area contributed by atoms with E-state index in [9.17, 15) is 22.8 Å². The molecule has 1 amide bonds. The van der Waals surface area contributed by atoms with E-state index in [2.05, 4.69) is 10.3 Å². The minimum atomic E-state index is -4.43. The quantitative estimate of drug-likeness (QED) is 0.784. The molecule has 0 unspecified atom stereocenters. The maximum atomic E-state index is 12.1. The van der Waals surface area contributed by atoms with Gasteiger partial charge in [-0.3, -0.25) is 9.59 Å². The van der Waals surface area contributed by atoms with Crippen molar-refractivity contribution in [3.05, 3.63) is 22.1 Å². The zero-order valence-electron chi connectivity index (χ0n) is 9.04. The molecule has 0 radical (unpaired) electrons. The predicted octanol–water partition coefficient (Wildman–Crippen LogP) is -0.0391. The molecule has 0 saturated heterocycles. The van der Waals surface area contributed by atoms with Crippen LogP contribution in [0.3, 0.4) is 0 Å². The zero-order valence-corrected chi connectivity index (χ0v) is 9.04. The van der Waals surface area contributed by atoms with E-state index in [1.165, 1.54) is 4.57 Å². The molecule has 9 heteroatoms. The Morgan fingerprint density at radius 3 is 2.83 bits per heavy atom. The zero-order chi connectivity index (χ0) is 13.3. The van der Waals surface area contributed by atoms with Crippen molar-refractivity contribution in [2.24, 2.45) is 0 Å². The summed E-state index contributed by atoms with van der Waals surface area (Å²) in [6, 6.07) is 0.993. The van der Waals surface area contributed by atoms with Crippen molar-refractivity contribution in [3.8, 4) is 0 Å². The lowest BCUT2D eigenvalue weighted by atomic mass is 10.3. The van der Waals surface area contributed by atoms with Crippen LogP contribution in [0.2, 0.25) is 0 Å². The maximum absolute atomic E-state index is 12.1. The summed E-state index contributed by atoms with van der Waals surface area (Å²) in [7, 11) is 0. The molecule has 1 aromatic rings. The van der Waals surface area contributed by atoms with E-state index >= 15 is 0 Å². The molecular weight excluding hydrogens is 253 g/mol. The van der Waals surface area contributed by atoms with Crippen LogP contribution < -0.4 is 16.2 Å². The number of fused-ring (bicyclic) bond motifs is 1. The number of halogens is 3. The van der Waals surface area contributed by atoms with E-state index < -0.39 is 24.2 Å². The number of amides is 1. The summed E-state index contributed by atoms with van der Waals surface area (Å²) in [5.41, 5.74) is -0.756. The Morgan fingerprint density at radius 1 is 1.44 bits per heavy atom. The first-order valence-electron chi connectivity index (χ1n) is 5.07. The van der Waals surface area contributed by atoms with E-state index in [1.54, 1.807) is 0 Å². The fourth-order valence-electron chi connectivity index (χ4n) is 1.61. The molecule has 6 nitrogen and oxygen atoms in total. The summed E-state index contributed by atoms with van der Waals surface area (Å²) in [6.45, 7) is -0.782. The first-order valence-corrected chi connectivity index (χ1v) is 5.07. The first kappa shape index (κ1) is 12.4. The predicted molar refractivity (Wildman–Crippen MR) is 55.4 cm³/mol. The van der Waals surface area contributed by atoms with Gasteiger partial charge in [0.2, 0.25) is 5.95 Å². The second-order valence-electron chi connectivity index (χ2n) is 3.68. The molecule has 0 bridgehead atoms. The lowest BCUT2D eigenvalue weighted by molar-refractivity contribution is -0.115. The van der Waals surface area contributed by atoms with Crippen LogP contribution in [0.25, 0.3) is 0 Å². The average molecular weight is 262 g/mol. The van der Waals surface area contributed by atoms with Gasteiger partial charge in [0, 0.05) is 19.2 Å². The molecule has 2 N–H and O–H groups in total. The van der Waals surface area contributed by atoms with Crippen LogP contribution >= 0.6 is 0 Å². The lowest BCUT2D eigenvalue weighted by Gasteiger charge is -2.22. The fraction of sp³-hybridized carbons (Fsp3) is 0.444. The molecule has 0 saturated carbocycles. The van der Waals surface area contributed by atoms with E-state index in [0.717, 1.165) is 6.07 Å². The first-order chi connectivity index (χ1) is 8.37. The van der Waals surface area contributed by atoms with Crippen LogP contribution in [0.15, 0.2) is 10.9 Å². The molecule has 0 fully saturated rings. The summed E-state index contributed by atoms with van der Waals surface area (Å²) in [5.74, 6) is -0.750. The Balaban J connectivity index is 2.36. The van der Waals surface area contributed by atoms with Gasteiger partial charge >= 0.3 is 6.18 Å². The van der Waals surface area contributed by atoms with Gasteiger partial charge < -0.3 is 15.2 Å². The van der Waals surface area contributed by atoms with Crippen LogP contribution in [-0.2, 0) is 6.54 Å². The molecule has 0 atom stereocenters. The number of hydrogen-bond acceptors (Lipinski definition) is 4. The van der Waals surface area contributed by atoms with Crippen LogP contribution in [-0.4, -0.2) is 34.7 Å². The Kier molecular flexibility index (Phi) is 2.97. The van der Waals surface area contributed by atoms with Crippen molar-refractivity contribution < 1.29 is 18.0 Å². The molecule has 18 heavy (non-hydrogen) atoms. The number of nitrogens with one attached hydrogen (secondary N) is 2. The van der Waals surface area contributed by atoms with Crippen molar-refractivity contribution in [1.29, 1.82) is 0 Å². The minimum absolute atomic E-state index is 0.00549. The van der Waals surface area contributed by atoms with Gasteiger partial charge in [0.1, 0.15) is 12.2 Å². The third-order valence-electron chi connectivity index (χ3n) is 2.32. The monoisotopic (exact) mass is 262 g/mol. The molecule has 1 aliphatic rings. The van der Waals surface area contributed by atoms with Crippen molar-refractivity contribution in [2.45, 2.75) is 12.7 Å². The molecule has 0 aliphatic carbocycles. The van der Waals surface area contributed by atoms with E-state index in [0.29, 0.717) is 0 Å². The Bertz CT molecular complexity index is 538. The number of nitrogens with zero attached hydrogens (tertiary/aromatic N) is 2. The molecule has 2 rings (SSSR count). The number of carbonyl (C=O) groups is 1. The fourth-order valence-corrected chi connectivity index (χ4v) is 1.61. The average Bonchev–Trinajstić information content (AvgIpc) is 2.26. The van der Waals surface area contributed by atoms with Crippen LogP contribution in [0.4, 0.5) is 19.1 Å². The van der Waals surface area contributed by atoms with Crippen LogP contribution in [0.1, 0.15) is 10.5 Å². The number of anilines is 1. The number of hydrogen-bond donors (Lipinski definition) is 2. The van der Waals surface area contributed by atoms with Gasteiger partial charge in [-0.2, -0.15) is 18.2 Å². The summed E-state index contributed by atoms with van der Waals surface area (Å²) in [6.07, 6.45) is -4.43. The topological polar surface area (TPSA) is 76.0 Å². The Hall–Kier alpha value is -2.06. The smallest absolute Gasteiger partial charge is 0.349 e. The number of carbonyl (C=O) groups excluding carboxylic acids is 1. The molecule has 2 heterocycles. The highest BCUT2D eigenvalue weighted by molar-refractivity contribution is 5.93. The van der Waals surface area contributed by atoms with Gasteiger partial charge in [-0.25, -0.2) is 0 Å². The summed E-state index contributed by atoms with van der Waals surface area (Å²) < 4.78 is 37.5. The highest BCUT2D eigenvalue weighted by atomic mass is 19.4. The number of alkyl halides is 3. The third kappa shape index (κ3) is 2.60. The molecule has 0 spiro atoms. The van der Waals surface area contributed by atoms with Gasteiger partial charge in [0.05, 0.1) is 0 Å². The van der Waals surface area contributed by atoms with Gasteiger partial charge in [0.15, 0.2) is 0 Å². The summed E-state index contributed by atoms with van der Waals surface area (Å²) in [5, 5.41) is 4.51. The van der Waals surface area contributed by atoms with Crippen LogP contribution in [0.5, 0.6) is 0 Å². The number of aromatic nitrogens is 2. The highest BCUT2D eigenvalue weighted by Crippen LogP contribution is 2.16. The van der Waals surface area contributed by atoms with Gasteiger partial charge in [-0.15, -0.1) is 0 Å². The normalized spacial score (nSPS) is 14.9. The second kappa shape index (κ2) is 4.31. The summed E-state index contributed by atoms with van der Waals surface area (Å²) in [4.78, 5) is 26.1. The molecular formula is C9H9F3N4O2.